The van der Waals surface area contributed by atoms with Crippen LogP contribution in [0.4, 0.5) is 19.2 Å². The molecule has 99 heavy (non-hydrogen) atoms. The molecule has 3 fully saturated rings. The summed E-state index contributed by atoms with van der Waals surface area (Å²) in [4.78, 5) is 93.1. The molecule has 0 atom stereocenters. The number of rotatable bonds is 18. The first-order valence-electron chi connectivity index (χ1n) is 33.2. The summed E-state index contributed by atoms with van der Waals surface area (Å²) in [5.74, 6) is 0.532. The maximum atomic E-state index is 12.2. The predicted octanol–water partition coefficient (Wildman–Crippen LogP) is 14.9. The highest BCUT2D eigenvalue weighted by molar-refractivity contribution is 5.96. The zero-order valence-electron chi connectivity index (χ0n) is 56.6. The second kappa shape index (κ2) is 35.1. The number of hydrogen-bond acceptors (Lipinski definition) is 12. The number of nitrogens with one attached hydrogen (secondary N) is 4. The van der Waals surface area contributed by atoms with Crippen LogP contribution in [0.25, 0.3) is 44.5 Å². The fourth-order valence-electron chi connectivity index (χ4n) is 11.0. The van der Waals surface area contributed by atoms with Crippen LogP contribution in [0.1, 0.15) is 147 Å². The van der Waals surface area contributed by atoms with Crippen LogP contribution in [0.3, 0.4) is 0 Å². The molecule has 3 aliphatic rings. The highest BCUT2D eigenvalue weighted by atomic mass is 16.6. The molecule has 0 aromatic heterocycles. The van der Waals surface area contributed by atoms with Gasteiger partial charge < -0.3 is 63.1 Å². The Labute approximate surface area is 577 Å². The van der Waals surface area contributed by atoms with Crippen molar-refractivity contribution in [1.82, 2.24) is 21.3 Å². The van der Waals surface area contributed by atoms with E-state index >= 15 is 0 Å². The van der Waals surface area contributed by atoms with E-state index in [0.717, 1.165) is 102 Å². The Balaban J connectivity index is 0.000000168. The van der Waals surface area contributed by atoms with Gasteiger partial charge in [0.05, 0.1) is 0 Å². The van der Waals surface area contributed by atoms with E-state index in [1.165, 1.54) is 12.8 Å². The van der Waals surface area contributed by atoms with Crippen molar-refractivity contribution in [3.63, 3.8) is 0 Å². The van der Waals surface area contributed by atoms with Crippen molar-refractivity contribution >= 4 is 48.0 Å². The van der Waals surface area contributed by atoms with Crippen LogP contribution in [0, 0.1) is 16.7 Å². The Bertz CT molecular complexity index is 4140. The van der Waals surface area contributed by atoms with Crippen molar-refractivity contribution in [2.24, 2.45) is 39.7 Å². The molecule has 0 unspecified atom stereocenters. The minimum Gasteiger partial charge on any atom is -0.410 e. The largest absolute Gasteiger partial charge is 0.412 e. The van der Waals surface area contributed by atoms with Gasteiger partial charge in [0.1, 0.15) is 23.0 Å². The van der Waals surface area contributed by atoms with E-state index in [4.69, 9.17) is 41.9 Å². The van der Waals surface area contributed by atoms with Crippen LogP contribution < -0.4 is 63.1 Å². The molecule has 0 bridgehead atoms. The van der Waals surface area contributed by atoms with E-state index in [1.807, 2.05) is 60.7 Å². The van der Waals surface area contributed by atoms with Crippen molar-refractivity contribution in [2.45, 2.75) is 117 Å². The summed E-state index contributed by atoms with van der Waals surface area (Å²) in [7, 11) is 0. The first-order valence-corrected chi connectivity index (χ1v) is 33.2. The molecular formula is C79H88N8O12. The second-order valence-corrected chi connectivity index (χ2v) is 26.7. The maximum absolute atomic E-state index is 12.2. The van der Waals surface area contributed by atoms with Gasteiger partial charge in [0, 0.05) is 47.4 Å². The molecule has 20 heteroatoms. The Morgan fingerprint density at radius 2 is 0.667 bits per heavy atom. The van der Waals surface area contributed by atoms with E-state index in [9.17, 15) is 38.4 Å². The number of benzene rings is 8. The molecule has 3 aliphatic carbocycles. The topological polar surface area (TPSA) is 326 Å². The zero-order chi connectivity index (χ0) is 71.1. The lowest BCUT2D eigenvalue weighted by Gasteiger charge is -2.34. The predicted molar refractivity (Wildman–Crippen MR) is 383 cm³/mol. The highest BCUT2D eigenvalue weighted by Crippen LogP contribution is 2.36. The van der Waals surface area contributed by atoms with Gasteiger partial charge in [-0.05, 0) is 216 Å². The third kappa shape index (κ3) is 24.7. The van der Waals surface area contributed by atoms with E-state index in [2.05, 4.69) is 55.9 Å². The summed E-state index contributed by atoms with van der Waals surface area (Å²) in [6.07, 6.45) is 9.90. The van der Waals surface area contributed by atoms with Crippen molar-refractivity contribution in [2.75, 3.05) is 13.1 Å². The van der Waals surface area contributed by atoms with Crippen molar-refractivity contribution in [3.8, 4) is 67.5 Å². The first kappa shape index (κ1) is 73.5. The average molecular weight is 1340 g/mol. The summed E-state index contributed by atoms with van der Waals surface area (Å²) in [5, 5.41) is 11.4. The van der Waals surface area contributed by atoms with Gasteiger partial charge in [-0.25, -0.2) is 19.2 Å². The standard InChI is InChI=1S/C22H26N2O3.C20H24N2O3.C19H20N2O3.C18H18N2O3/c1-22(2)11-9-18(10-12-22)24-21(26)27-19-8-4-6-16(14-19)15-5-3-7-17(13-15)20(23)25;1-20(2,3)10-11-22-19(24)25-17-9-5-7-15(13-17)14-6-4-8-16(12-14)18(21)23;20-18(22)15-7-3-5-13(11-15)14-6-4-10-17(12-14)24-19(23)21-16-8-1-2-9-16;19-17(21)15-5-1-3-13(9-15)14-4-2-6-16(10-14)23-18(22)20-11-12-7-8-12/h3-8,13-14,18H,9-12H2,1-2H3,(H2,23,25)(H,24,26);4-9,12-13H,10-11H2,1-3H3,(H2,21,23)(H,22,24);3-7,10-12,16H,1-2,8-9H2,(H2,20,22)(H,21,23);1-6,9-10,12H,7-8,11H2,(H2,19,21)(H,20,22). The van der Waals surface area contributed by atoms with Crippen LogP contribution >= 0.6 is 0 Å². The third-order valence-corrected chi connectivity index (χ3v) is 16.8. The van der Waals surface area contributed by atoms with Crippen molar-refractivity contribution in [3.05, 3.63) is 216 Å². The fraction of sp³-hybridized carbons (Fsp3) is 0.291. The molecule has 20 nitrogen and oxygen atoms in total. The van der Waals surface area contributed by atoms with Gasteiger partial charge in [-0.2, -0.15) is 0 Å². The summed E-state index contributed by atoms with van der Waals surface area (Å²) in [6.45, 7) is 12.1. The molecule has 0 heterocycles. The fourth-order valence-corrected chi connectivity index (χ4v) is 11.0. The Kier molecular flexibility index (Phi) is 26.1. The van der Waals surface area contributed by atoms with E-state index in [-0.39, 0.29) is 17.5 Å². The number of carbonyl (C=O) groups excluding carboxylic acids is 8. The molecule has 3 saturated carbocycles. The maximum Gasteiger partial charge on any atom is 0.412 e. The van der Waals surface area contributed by atoms with Gasteiger partial charge in [-0.3, -0.25) is 19.2 Å². The van der Waals surface area contributed by atoms with Crippen LogP contribution in [0.15, 0.2) is 194 Å². The number of ether oxygens (including phenoxy) is 4. The summed E-state index contributed by atoms with van der Waals surface area (Å²) in [6, 6.07) is 57.3. The lowest BCUT2D eigenvalue weighted by Crippen LogP contribution is -2.40. The van der Waals surface area contributed by atoms with Gasteiger partial charge >= 0.3 is 24.4 Å². The number of nitrogens with two attached hydrogens (primary N) is 4. The normalized spacial score (nSPS) is 13.9. The average Bonchev–Trinajstić information content (AvgIpc) is 1.95. The van der Waals surface area contributed by atoms with Crippen LogP contribution in [-0.4, -0.2) is 73.2 Å². The molecule has 0 aliphatic heterocycles. The molecule has 516 valence electrons. The third-order valence-electron chi connectivity index (χ3n) is 16.8. The molecule has 0 radical (unpaired) electrons. The first-order chi connectivity index (χ1) is 47.3. The molecule has 12 N–H and O–H groups in total. The zero-order valence-corrected chi connectivity index (χ0v) is 56.6. The summed E-state index contributed by atoms with van der Waals surface area (Å²) in [5.41, 5.74) is 30.3. The molecule has 0 spiro atoms. The lowest BCUT2D eigenvalue weighted by atomic mass is 9.76. The molecule has 8 aromatic carbocycles. The monoisotopic (exact) mass is 1340 g/mol. The Morgan fingerprint density at radius 1 is 0.384 bits per heavy atom. The van der Waals surface area contributed by atoms with Gasteiger partial charge in [0.25, 0.3) is 0 Å². The van der Waals surface area contributed by atoms with Crippen molar-refractivity contribution in [1.29, 1.82) is 0 Å². The molecule has 8 aromatic rings. The molecule has 0 saturated heterocycles. The minimum atomic E-state index is -0.479. The van der Waals surface area contributed by atoms with E-state index in [0.29, 0.717) is 69.7 Å². The molecule has 11 rings (SSSR count). The Hall–Kier alpha value is -11.3. The second-order valence-electron chi connectivity index (χ2n) is 26.7. The summed E-state index contributed by atoms with van der Waals surface area (Å²) < 4.78 is 21.5. The van der Waals surface area contributed by atoms with E-state index in [1.54, 1.807) is 133 Å². The van der Waals surface area contributed by atoms with Gasteiger partial charge in [-0.1, -0.05) is 145 Å². The number of carbonyl (C=O) groups is 8. The molecule has 8 amide bonds. The van der Waals surface area contributed by atoms with Gasteiger partial charge in [0.15, 0.2) is 0 Å². The van der Waals surface area contributed by atoms with Gasteiger partial charge in [0.2, 0.25) is 23.6 Å². The summed E-state index contributed by atoms with van der Waals surface area (Å²) >= 11 is 0. The van der Waals surface area contributed by atoms with Crippen LogP contribution in [0.2, 0.25) is 0 Å². The SMILES string of the molecule is CC(C)(C)CCNC(=O)Oc1cccc(-c2cccc(C(N)=O)c2)c1.CC1(C)CCC(NC(=O)Oc2cccc(-c3cccc(C(N)=O)c3)c2)CC1.NC(=O)c1cccc(-c2cccc(OC(=O)NC3CCCC3)c2)c1.NC(=O)c1cccc(-c2cccc(OC(=O)NCC3CC3)c2)c1. The van der Waals surface area contributed by atoms with Crippen LogP contribution in [-0.2, 0) is 0 Å². The quantitative estimate of drug-likeness (QED) is 0.0398. The van der Waals surface area contributed by atoms with Gasteiger partial charge in [-0.15, -0.1) is 0 Å². The molecular weight excluding hydrogens is 1250 g/mol. The van der Waals surface area contributed by atoms with Crippen LogP contribution in [0.5, 0.6) is 23.0 Å². The number of amides is 8. The highest BCUT2D eigenvalue weighted by Gasteiger charge is 2.28. The number of primary amides is 4. The lowest BCUT2D eigenvalue weighted by molar-refractivity contribution is 0.0992. The minimum absolute atomic E-state index is 0.151. The van der Waals surface area contributed by atoms with Crippen molar-refractivity contribution < 1.29 is 57.3 Å². The Morgan fingerprint density at radius 3 is 0.970 bits per heavy atom. The smallest absolute Gasteiger partial charge is 0.410 e. The van der Waals surface area contributed by atoms with E-state index < -0.39 is 48.0 Å². The number of hydrogen-bond donors (Lipinski definition) is 8.